The van der Waals surface area contributed by atoms with E-state index in [9.17, 15) is 13.5 Å². The summed E-state index contributed by atoms with van der Waals surface area (Å²) in [6.07, 6.45) is -0.522. The topological polar surface area (TPSA) is 85.3 Å². The highest BCUT2D eigenvalue weighted by Crippen LogP contribution is 2.47. The van der Waals surface area contributed by atoms with Crippen molar-refractivity contribution < 1.29 is 27.7 Å². The molecule has 4 aromatic rings. The van der Waals surface area contributed by atoms with E-state index in [0.717, 1.165) is 11.1 Å². The van der Waals surface area contributed by atoms with Crippen LogP contribution < -0.4 is 9.47 Å². The van der Waals surface area contributed by atoms with Gasteiger partial charge in [0.05, 0.1) is 38.7 Å². The van der Waals surface area contributed by atoms with Crippen molar-refractivity contribution in [2.24, 2.45) is 0 Å². The number of rotatable bonds is 11. The normalized spacial score (nSPS) is 17.8. The van der Waals surface area contributed by atoms with Gasteiger partial charge in [-0.2, -0.15) is 4.31 Å². The van der Waals surface area contributed by atoms with Gasteiger partial charge in [0.25, 0.3) is 0 Å². The Labute approximate surface area is 242 Å². The van der Waals surface area contributed by atoms with Crippen molar-refractivity contribution in [3.05, 3.63) is 131 Å². The van der Waals surface area contributed by atoms with Crippen LogP contribution in [0.5, 0.6) is 11.5 Å². The average Bonchev–Trinajstić information content (AvgIpc) is 3.40. The first-order chi connectivity index (χ1) is 19.9. The molecule has 7 nitrogen and oxygen atoms in total. The number of ether oxygens (including phenoxy) is 3. The molecule has 0 saturated carbocycles. The molecule has 214 valence electrons. The van der Waals surface area contributed by atoms with Crippen LogP contribution in [0.1, 0.15) is 28.7 Å². The maximum atomic E-state index is 13.6. The maximum absolute atomic E-state index is 13.6. The summed E-state index contributed by atoms with van der Waals surface area (Å²) in [6, 6.07) is 33.8. The lowest BCUT2D eigenvalue weighted by Gasteiger charge is -2.38. The molecule has 1 aliphatic heterocycles. The van der Waals surface area contributed by atoms with Crippen LogP contribution in [-0.4, -0.2) is 57.3 Å². The van der Waals surface area contributed by atoms with Gasteiger partial charge >= 0.3 is 0 Å². The van der Waals surface area contributed by atoms with Crippen LogP contribution >= 0.6 is 0 Å². The largest absolute Gasteiger partial charge is 0.493 e. The van der Waals surface area contributed by atoms with E-state index in [-0.39, 0.29) is 25.3 Å². The monoisotopic (exact) mass is 573 g/mol. The van der Waals surface area contributed by atoms with E-state index < -0.39 is 27.8 Å². The average molecular weight is 574 g/mol. The quantitative estimate of drug-likeness (QED) is 0.255. The molecule has 41 heavy (non-hydrogen) atoms. The number of nitrogens with zero attached hydrogens (tertiary/aromatic N) is 1. The van der Waals surface area contributed by atoms with Crippen molar-refractivity contribution in [1.29, 1.82) is 0 Å². The first-order valence-electron chi connectivity index (χ1n) is 13.6. The Morgan fingerprint density at radius 2 is 1.39 bits per heavy atom. The van der Waals surface area contributed by atoms with E-state index in [1.165, 1.54) is 4.31 Å². The minimum absolute atomic E-state index is 0.0232. The van der Waals surface area contributed by atoms with Gasteiger partial charge in [0.2, 0.25) is 10.0 Å². The lowest BCUT2D eigenvalue weighted by atomic mass is 9.79. The summed E-state index contributed by atoms with van der Waals surface area (Å²) < 4.78 is 47.1. The molecule has 0 radical (unpaired) electrons. The Morgan fingerprint density at radius 3 is 1.95 bits per heavy atom. The van der Waals surface area contributed by atoms with Crippen molar-refractivity contribution >= 4 is 10.0 Å². The Kier molecular flexibility index (Phi) is 8.75. The van der Waals surface area contributed by atoms with Crippen LogP contribution in [0.25, 0.3) is 0 Å². The highest BCUT2D eigenvalue weighted by Gasteiger charge is 2.44. The minimum atomic E-state index is -3.73. The van der Waals surface area contributed by atoms with E-state index in [2.05, 4.69) is 0 Å². The second kappa shape index (κ2) is 12.4. The van der Waals surface area contributed by atoms with Crippen LogP contribution in [0.15, 0.2) is 109 Å². The van der Waals surface area contributed by atoms with Crippen molar-refractivity contribution in [3.63, 3.8) is 0 Å². The van der Waals surface area contributed by atoms with E-state index in [0.29, 0.717) is 22.6 Å². The second-order valence-electron chi connectivity index (χ2n) is 10.1. The molecule has 0 aromatic heterocycles. The van der Waals surface area contributed by atoms with Gasteiger partial charge in [-0.05, 0) is 29.2 Å². The van der Waals surface area contributed by atoms with Gasteiger partial charge < -0.3 is 19.3 Å². The number of sulfonamides is 1. The third-order valence-corrected chi connectivity index (χ3v) is 9.39. The zero-order valence-corrected chi connectivity index (χ0v) is 24.0. The third kappa shape index (κ3) is 5.87. The summed E-state index contributed by atoms with van der Waals surface area (Å²) in [4.78, 5) is 0. The molecule has 1 aliphatic rings. The number of para-hydroxylation sites is 1. The summed E-state index contributed by atoms with van der Waals surface area (Å²) in [6.45, 7) is 0.0601. The molecule has 0 spiro atoms. The number of aliphatic hydroxyl groups excluding tert-OH is 1. The van der Waals surface area contributed by atoms with Gasteiger partial charge in [0.15, 0.2) is 11.5 Å². The molecule has 2 unspecified atom stereocenters. The first-order valence-corrected chi connectivity index (χ1v) is 15.2. The first kappa shape index (κ1) is 28.8. The molecule has 8 heteroatoms. The molecule has 4 aromatic carbocycles. The molecular weight excluding hydrogens is 538 g/mol. The van der Waals surface area contributed by atoms with Crippen molar-refractivity contribution in [2.45, 2.75) is 29.9 Å². The van der Waals surface area contributed by atoms with E-state index in [4.69, 9.17) is 14.2 Å². The zero-order chi connectivity index (χ0) is 28.9. The summed E-state index contributed by atoms with van der Waals surface area (Å²) in [7, 11) is -0.553. The third-order valence-electron chi connectivity index (χ3n) is 7.53. The molecule has 5 rings (SSSR count). The highest BCUT2D eigenvalue weighted by atomic mass is 32.2. The van der Waals surface area contributed by atoms with Gasteiger partial charge in [0.1, 0.15) is 5.60 Å². The Hall–Kier alpha value is -3.69. The number of hydrogen-bond donors (Lipinski definition) is 1. The molecule has 0 amide bonds. The molecule has 0 bridgehead atoms. The predicted molar refractivity (Wildman–Crippen MR) is 158 cm³/mol. The second-order valence-corrected chi connectivity index (χ2v) is 12.0. The van der Waals surface area contributed by atoms with Gasteiger partial charge in [-0.1, -0.05) is 103 Å². The van der Waals surface area contributed by atoms with Crippen LogP contribution in [0, 0.1) is 0 Å². The van der Waals surface area contributed by atoms with E-state index >= 15 is 0 Å². The van der Waals surface area contributed by atoms with Gasteiger partial charge in [-0.3, -0.25) is 0 Å². The molecule has 1 saturated heterocycles. The summed E-state index contributed by atoms with van der Waals surface area (Å²) in [5.41, 5.74) is 1.92. The van der Waals surface area contributed by atoms with Crippen LogP contribution in [-0.2, 0) is 26.1 Å². The van der Waals surface area contributed by atoms with Crippen molar-refractivity contribution in [2.75, 3.05) is 27.4 Å². The van der Waals surface area contributed by atoms with Gasteiger partial charge in [-0.15, -0.1) is 0 Å². The molecule has 0 aliphatic carbocycles. The number of β-amino-alcohol motifs (C(OH)–C–C–N with tert-alkyl or cyclic N) is 1. The number of aliphatic hydroxyl groups is 1. The zero-order valence-electron chi connectivity index (χ0n) is 23.2. The number of hydrogen-bond acceptors (Lipinski definition) is 6. The van der Waals surface area contributed by atoms with Crippen LogP contribution in [0.3, 0.4) is 0 Å². The summed E-state index contributed by atoms with van der Waals surface area (Å²) in [5, 5.41) is 10.6. The van der Waals surface area contributed by atoms with Crippen molar-refractivity contribution in [1.82, 2.24) is 4.31 Å². The van der Waals surface area contributed by atoms with E-state index in [1.807, 2.05) is 97.1 Å². The van der Waals surface area contributed by atoms with E-state index in [1.54, 1.807) is 26.4 Å². The lowest BCUT2D eigenvalue weighted by Crippen LogP contribution is -2.42. The smallest absolute Gasteiger partial charge is 0.218 e. The van der Waals surface area contributed by atoms with Crippen molar-refractivity contribution in [3.8, 4) is 11.5 Å². The molecule has 1 N–H and O–H groups in total. The lowest BCUT2D eigenvalue weighted by molar-refractivity contribution is -0.00803. The Morgan fingerprint density at radius 1 is 0.805 bits per heavy atom. The maximum Gasteiger partial charge on any atom is 0.218 e. The fourth-order valence-electron chi connectivity index (χ4n) is 5.68. The van der Waals surface area contributed by atoms with Crippen LogP contribution in [0.2, 0.25) is 0 Å². The fourth-order valence-corrected chi connectivity index (χ4v) is 7.46. The summed E-state index contributed by atoms with van der Waals surface area (Å²) in [5.74, 6) is 0.916. The predicted octanol–water partition coefficient (Wildman–Crippen LogP) is 4.98. The van der Waals surface area contributed by atoms with Crippen LogP contribution in [0.4, 0.5) is 0 Å². The molecular formula is C33H35NO6S. The molecule has 1 heterocycles. The highest BCUT2D eigenvalue weighted by molar-refractivity contribution is 7.88. The Balaban J connectivity index is 1.60. The van der Waals surface area contributed by atoms with Gasteiger partial charge in [-0.25, -0.2) is 8.42 Å². The minimum Gasteiger partial charge on any atom is -0.493 e. The molecule has 1 fully saturated rings. The standard InChI is InChI=1S/C33H35NO6S/c1-38-31-20-12-19-30(32(31)39-2)33(26-15-8-4-9-16-26,27-17-10-5-11-18-27)40-23-28-21-29(35)22-34(28)41(36,37)24-25-13-6-3-7-14-25/h3-20,28-29,35H,21-24H2,1-2H3. The number of methoxy groups -OCH3 is 2. The van der Waals surface area contributed by atoms with Gasteiger partial charge in [0, 0.05) is 12.1 Å². The fraction of sp³-hybridized carbons (Fsp3) is 0.273. The molecule has 2 atom stereocenters. The SMILES string of the molecule is COc1cccc(C(OCC2CC(O)CN2S(=O)(=O)Cc2ccccc2)(c2ccccc2)c2ccccc2)c1OC. The summed E-state index contributed by atoms with van der Waals surface area (Å²) >= 11 is 0. The number of benzene rings is 4. The Bertz CT molecular complexity index is 1490.